The number of aryl methyl sites for hydroxylation is 2. The van der Waals surface area contributed by atoms with Gasteiger partial charge in [0.05, 0.1) is 23.3 Å². The molecule has 10 heteroatoms. The summed E-state index contributed by atoms with van der Waals surface area (Å²) in [5, 5.41) is 5.61. The number of oxazole rings is 1. The fraction of sp³-hybridized carbons (Fsp3) is 0.292. The molecule has 0 saturated heterocycles. The molecule has 0 atom stereocenters. The number of aromatic nitrogens is 4. The molecule has 1 aliphatic rings. The van der Waals surface area contributed by atoms with Gasteiger partial charge in [0.1, 0.15) is 5.82 Å². The van der Waals surface area contributed by atoms with E-state index in [2.05, 4.69) is 25.6 Å². The summed E-state index contributed by atoms with van der Waals surface area (Å²) in [4.78, 5) is 37.8. The van der Waals surface area contributed by atoms with Crippen LogP contribution >= 0.6 is 0 Å². The second kappa shape index (κ2) is 8.05. The summed E-state index contributed by atoms with van der Waals surface area (Å²) >= 11 is 0. The summed E-state index contributed by atoms with van der Waals surface area (Å²) in [7, 11) is 0. The van der Waals surface area contributed by atoms with Crippen molar-refractivity contribution in [1.29, 1.82) is 0 Å². The molecule has 0 radical (unpaired) electrons. The van der Waals surface area contributed by atoms with E-state index >= 15 is 0 Å². The van der Waals surface area contributed by atoms with Crippen molar-refractivity contribution in [2.24, 2.45) is 5.41 Å². The number of benzene rings is 1. The molecule has 0 unspecified atom stereocenters. The van der Waals surface area contributed by atoms with Gasteiger partial charge >= 0.3 is 0 Å². The highest BCUT2D eigenvalue weighted by atomic mass is 19.1. The average Bonchev–Trinajstić information content (AvgIpc) is 3.35. The predicted octanol–water partition coefficient (Wildman–Crippen LogP) is 4.52. The van der Waals surface area contributed by atoms with Crippen LogP contribution in [0.5, 0.6) is 0 Å². The zero-order valence-corrected chi connectivity index (χ0v) is 19.0. The summed E-state index contributed by atoms with van der Waals surface area (Å²) in [6.07, 6.45) is 7.63. The number of nitrogens with one attached hydrogen (secondary N) is 2. The first-order chi connectivity index (χ1) is 16.2. The summed E-state index contributed by atoms with van der Waals surface area (Å²) in [6, 6.07) is 4.21. The topological polar surface area (TPSA) is 114 Å². The van der Waals surface area contributed by atoms with E-state index < -0.39 is 11.7 Å². The van der Waals surface area contributed by atoms with E-state index in [4.69, 9.17) is 4.42 Å². The Balaban J connectivity index is 1.40. The molecule has 174 valence electrons. The standard InChI is InChI=1S/C24H23FN6O3/c1-13-20(34-14(2)27-13)21(32)28-15-5-6-18(25)17(9-15)19-12-31-11-16(10-26-23(31)30-19)29-22(33)24(3)7-4-8-24/h5-6,9-12H,4,7-8H2,1-3H3,(H,28,32)(H,29,33). The number of fused-ring (bicyclic) bond motifs is 1. The zero-order chi connectivity index (χ0) is 24.0. The van der Waals surface area contributed by atoms with E-state index in [1.807, 2.05) is 6.92 Å². The van der Waals surface area contributed by atoms with Crippen LogP contribution < -0.4 is 10.6 Å². The number of rotatable bonds is 5. The Bertz CT molecular complexity index is 1440. The first-order valence-electron chi connectivity index (χ1n) is 10.9. The maximum atomic E-state index is 14.7. The first kappa shape index (κ1) is 21.7. The molecule has 1 saturated carbocycles. The highest BCUT2D eigenvalue weighted by molar-refractivity contribution is 6.03. The van der Waals surface area contributed by atoms with E-state index in [1.54, 1.807) is 30.6 Å². The fourth-order valence-electron chi connectivity index (χ4n) is 4.02. The van der Waals surface area contributed by atoms with Gasteiger partial charge in [0.25, 0.3) is 5.91 Å². The van der Waals surface area contributed by atoms with Crippen LogP contribution in [0.3, 0.4) is 0 Å². The molecule has 1 fully saturated rings. The zero-order valence-electron chi connectivity index (χ0n) is 19.0. The van der Waals surface area contributed by atoms with Crippen LogP contribution in [-0.2, 0) is 4.79 Å². The van der Waals surface area contributed by atoms with E-state index in [-0.39, 0.29) is 22.6 Å². The van der Waals surface area contributed by atoms with Gasteiger partial charge in [-0.2, -0.15) is 0 Å². The highest BCUT2D eigenvalue weighted by Crippen LogP contribution is 2.41. The molecule has 0 bridgehead atoms. The summed E-state index contributed by atoms with van der Waals surface area (Å²) in [6.45, 7) is 5.28. The van der Waals surface area contributed by atoms with E-state index in [1.165, 1.54) is 24.4 Å². The van der Waals surface area contributed by atoms with E-state index in [0.717, 1.165) is 19.3 Å². The third kappa shape index (κ3) is 3.91. The van der Waals surface area contributed by atoms with Crippen LogP contribution in [0.15, 0.2) is 41.2 Å². The minimum atomic E-state index is -0.500. The third-order valence-electron chi connectivity index (χ3n) is 6.18. The molecular weight excluding hydrogens is 439 g/mol. The molecule has 2 N–H and O–H groups in total. The van der Waals surface area contributed by atoms with Gasteiger partial charge in [0, 0.05) is 36.0 Å². The minimum absolute atomic E-state index is 0.0353. The number of nitrogens with zero attached hydrogens (tertiary/aromatic N) is 4. The number of carbonyl (C=O) groups excluding carboxylic acids is 2. The van der Waals surface area contributed by atoms with Crippen LogP contribution in [0.4, 0.5) is 15.8 Å². The van der Waals surface area contributed by atoms with Crippen LogP contribution in [0.2, 0.25) is 0 Å². The molecule has 3 heterocycles. The molecule has 2 amide bonds. The summed E-state index contributed by atoms with van der Waals surface area (Å²) in [5.74, 6) is -0.175. The number of carbonyl (C=O) groups is 2. The van der Waals surface area contributed by atoms with Gasteiger partial charge < -0.3 is 15.1 Å². The Labute approximate surface area is 194 Å². The quantitative estimate of drug-likeness (QED) is 0.451. The maximum absolute atomic E-state index is 14.7. The molecule has 1 aromatic carbocycles. The molecule has 5 rings (SSSR count). The lowest BCUT2D eigenvalue weighted by molar-refractivity contribution is -0.128. The Hall–Kier alpha value is -4.08. The smallest absolute Gasteiger partial charge is 0.293 e. The normalized spacial score (nSPS) is 14.6. The lowest BCUT2D eigenvalue weighted by Crippen LogP contribution is -2.39. The van der Waals surface area contributed by atoms with Crippen molar-refractivity contribution in [2.45, 2.75) is 40.0 Å². The number of hydrogen-bond acceptors (Lipinski definition) is 6. The Kier molecular flexibility index (Phi) is 5.15. The average molecular weight is 462 g/mol. The number of hydrogen-bond donors (Lipinski definition) is 2. The molecular formula is C24H23FN6O3. The lowest BCUT2D eigenvalue weighted by Gasteiger charge is -2.36. The fourth-order valence-corrected chi connectivity index (χ4v) is 4.02. The Morgan fingerprint density at radius 1 is 1.12 bits per heavy atom. The van der Waals surface area contributed by atoms with Crippen LogP contribution in [0.1, 0.15) is 48.3 Å². The lowest BCUT2D eigenvalue weighted by atomic mass is 9.70. The second-order valence-corrected chi connectivity index (χ2v) is 8.84. The Morgan fingerprint density at radius 2 is 1.91 bits per heavy atom. The van der Waals surface area contributed by atoms with Crippen LogP contribution in [-0.4, -0.2) is 31.2 Å². The third-order valence-corrected chi connectivity index (χ3v) is 6.18. The molecule has 9 nitrogen and oxygen atoms in total. The molecule has 34 heavy (non-hydrogen) atoms. The van der Waals surface area contributed by atoms with Gasteiger partial charge in [-0.05, 0) is 38.0 Å². The number of halogens is 1. The van der Waals surface area contributed by atoms with Crippen LogP contribution in [0, 0.1) is 25.1 Å². The monoisotopic (exact) mass is 462 g/mol. The van der Waals surface area contributed by atoms with Gasteiger partial charge in [-0.3, -0.25) is 14.0 Å². The van der Waals surface area contributed by atoms with Crippen molar-refractivity contribution in [3.63, 3.8) is 0 Å². The Morgan fingerprint density at radius 3 is 2.59 bits per heavy atom. The van der Waals surface area contributed by atoms with Gasteiger partial charge in [0.15, 0.2) is 5.89 Å². The molecule has 0 aliphatic heterocycles. The molecule has 1 aliphatic carbocycles. The molecule has 4 aromatic rings. The SMILES string of the molecule is Cc1nc(C)c(C(=O)Nc2ccc(F)c(-c3cn4cc(NC(=O)C5(C)CCC5)cnc4n3)c2)o1. The second-order valence-electron chi connectivity index (χ2n) is 8.84. The number of anilines is 2. The van der Waals surface area contributed by atoms with Crippen molar-refractivity contribution < 1.29 is 18.4 Å². The van der Waals surface area contributed by atoms with Gasteiger partial charge in [0.2, 0.25) is 17.4 Å². The highest BCUT2D eigenvalue weighted by Gasteiger charge is 2.39. The van der Waals surface area contributed by atoms with Gasteiger partial charge in [-0.15, -0.1) is 0 Å². The largest absolute Gasteiger partial charge is 0.436 e. The molecule has 3 aromatic heterocycles. The van der Waals surface area contributed by atoms with Crippen molar-refractivity contribution in [3.05, 3.63) is 60.0 Å². The van der Waals surface area contributed by atoms with Crippen LogP contribution in [0.25, 0.3) is 17.0 Å². The van der Waals surface area contributed by atoms with E-state index in [0.29, 0.717) is 34.4 Å². The summed E-state index contributed by atoms with van der Waals surface area (Å²) < 4.78 is 21.6. The summed E-state index contributed by atoms with van der Waals surface area (Å²) in [5.41, 5.74) is 1.57. The number of imidazole rings is 1. The maximum Gasteiger partial charge on any atom is 0.293 e. The predicted molar refractivity (Wildman–Crippen MR) is 123 cm³/mol. The van der Waals surface area contributed by atoms with Gasteiger partial charge in [-0.25, -0.2) is 19.3 Å². The van der Waals surface area contributed by atoms with Crippen molar-refractivity contribution in [3.8, 4) is 11.3 Å². The number of amides is 2. The van der Waals surface area contributed by atoms with Crippen molar-refractivity contribution >= 4 is 29.0 Å². The van der Waals surface area contributed by atoms with E-state index in [9.17, 15) is 14.0 Å². The first-order valence-corrected chi connectivity index (χ1v) is 10.9. The minimum Gasteiger partial charge on any atom is -0.436 e. The van der Waals surface area contributed by atoms with Gasteiger partial charge in [-0.1, -0.05) is 13.3 Å². The van der Waals surface area contributed by atoms with Crippen molar-refractivity contribution in [1.82, 2.24) is 19.4 Å². The van der Waals surface area contributed by atoms with Crippen molar-refractivity contribution in [2.75, 3.05) is 10.6 Å². The molecule has 0 spiro atoms.